The zero-order chi connectivity index (χ0) is 8.67. The van der Waals surface area contributed by atoms with Crippen LogP contribution in [0.15, 0.2) is 36.9 Å². The van der Waals surface area contributed by atoms with E-state index in [1.807, 2.05) is 24.8 Å². The first-order valence-electron chi connectivity index (χ1n) is 4.31. The van der Waals surface area contributed by atoms with Gasteiger partial charge in [0, 0.05) is 35.9 Å². The van der Waals surface area contributed by atoms with Gasteiger partial charge in [0.05, 0.1) is 9.52 Å². The van der Waals surface area contributed by atoms with Gasteiger partial charge in [-0.2, -0.15) is 0 Å². The SMILES string of the molecule is c1cc2c(cn1)-c1cnccc1[SiH2]2. The number of aromatic nitrogens is 2. The second-order valence-corrected chi connectivity index (χ2v) is 5.12. The maximum absolute atomic E-state index is 4.15. The van der Waals surface area contributed by atoms with E-state index >= 15 is 0 Å². The molecule has 0 atom stereocenters. The Morgan fingerprint density at radius 2 is 1.38 bits per heavy atom. The highest BCUT2D eigenvalue weighted by molar-refractivity contribution is 6.73. The van der Waals surface area contributed by atoms with Crippen LogP contribution >= 0.6 is 0 Å². The molecule has 0 fully saturated rings. The summed E-state index contributed by atoms with van der Waals surface area (Å²) in [6.07, 6.45) is 7.67. The van der Waals surface area contributed by atoms with Crippen molar-refractivity contribution in [3.8, 4) is 11.1 Å². The van der Waals surface area contributed by atoms with Gasteiger partial charge in [-0.3, -0.25) is 9.97 Å². The largest absolute Gasteiger partial charge is 0.264 e. The molecule has 0 aromatic carbocycles. The summed E-state index contributed by atoms with van der Waals surface area (Å²) >= 11 is 0. The first-order valence-corrected chi connectivity index (χ1v) is 5.73. The Balaban J connectivity index is 2.32. The van der Waals surface area contributed by atoms with Crippen molar-refractivity contribution in [1.82, 2.24) is 9.97 Å². The minimum absolute atomic E-state index is 0.240. The molecule has 0 amide bonds. The van der Waals surface area contributed by atoms with E-state index in [4.69, 9.17) is 0 Å². The second kappa shape index (κ2) is 2.50. The van der Waals surface area contributed by atoms with Gasteiger partial charge in [-0.1, -0.05) is 10.4 Å². The Kier molecular flexibility index (Phi) is 1.34. The van der Waals surface area contributed by atoms with Gasteiger partial charge in [0.25, 0.3) is 0 Å². The number of hydrogen-bond donors (Lipinski definition) is 0. The molecule has 62 valence electrons. The van der Waals surface area contributed by atoms with Gasteiger partial charge < -0.3 is 0 Å². The first kappa shape index (κ1) is 6.97. The van der Waals surface area contributed by atoms with Crippen LogP contribution in [0.3, 0.4) is 0 Å². The topological polar surface area (TPSA) is 25.8 Å². The third kappa shape index (κ3) is 0.938. The number of hydrogen-bond acceptors (Lipinski definition) is 2. The van der Waals surface area contributed by atoms with Crippen LogP contribution in [-0.4, -0.2) is 19.5 Å². The fourth-order valence-corrected chi connectivity index (χ4v) is 3.65. The molecule has 3 heteroatoms. The lowest BCUT2D eigenvalue weighted by Gasteiger charge is -1.97. The molecule has 3 rings (SSSR count). The normalized spacial score (nSPS) is 12.3. The molecule has 1 aliphatic heterocycles. The molecular formula is C10H8N2Si. The highest BCUT2D eigenvalue weighted by atomic mass is 28.2. The van der Waals surface area contributed by atoms with Crippen molar-refractivity contribution in [2.75, 3.05) is 0 Å². The predicted octanol–water partition coefficient (Wildman–Crippen LogP) is -0.423. The van der Waals surface area contributed by atoms with Gasteiger partial charge in [0.15, 0.2) is 0 Å². The van der Waals surface area contributed by atoms with Gasteiger partial charge in [-0.15, -0.1) is 0 Å². The number of fused-ring (bicyclic) bond motifs is 3. The summed E-state index contributed by atoms with van der Waals surface area (Å²) in [5.74, 6) is 0. The minimum Gasteiger partial charge on any atom is -0.264 e. The van der Waals surface area contributed by atoms with E-state index in [2.05, 4.69) is 22.1 Å². The molecule has 0 radical (unpaired) electrons. The molecule has 1 aliphatic rings. The zero-order valence-corrected chi connectivity index (χ0v) is 8.48. The van der Waals surface area contributed by atoms with E-state index in [0.717, 1.165) is 0 Å². The van der Waals surface area contributed by atoms with Crippen molar-refractivity contribution in [2.45, 2.75) is 0 Å². The standard InChI is InChI=1S/C10H8N2Si/c1-3-11-5-7-8-6-12-4-2-10(8)13-9(1)7/h1-6H,13H2. The van der Waals surface area contributed by atoms with Crippen molar-refractivity contribution >= 4 is 19.9 Å². The summed E-state index contributed by atoms with van der Waals surface area (Å²) < 4.78 is 0. The maximum Gasteiger partial charge on any atom is 0.0894 e. The van der Waals surface area contributed by atoms with Crippen molar-refractivity contribution < 1.29 is 0 Å². The number of rotatable bonds is 0. The van der Waals surface area contributed by atoms with Crippen LogP contribution in [0.4, 0.5) is 0 Å². The zero-order valence-electron chi connectivity index (χ0n) is 7.07. The van der Waals surface area contributed by atoms with Crippen molar-refractivity contribution in [3.05, 3.63) is 36.9 Å². The van der Waals surface area contributed by atoms with Crippen LogP contribution in [0, 0.1) is 0 Å². The molecule has 0 N–H and O–H groups in total. The molecule has 3 heterocycles. The average molecular weight is 184 g/mol. The lowest BCUT2D eigenvalue weighted by molar-refractivity contribution is 1.32. The van der Waals surface area contributed by atoms with Gasteiger partial charge >= 0.3 is 0 Å². The third-order valence-electron chi connectivity index (χ3n) is 2.49. The molecule has 2 aromatic rings. The fourth-order valence-electron chi connectivity index (χ4n) is 1.85. The van der Waals surface area contributed by atoms with Crippen LogP contribution in [-0.2, 0) is 0 Å². The van der Waals surface area contributed by atoms with Crippen molar-refractivity contribution in [1.29, 1.82) is 0 Å². The van der Waals surface area contributed by atoms with Gasteiger partial charge in [-0.05, 0) is 12.1 Å². The molecule has 2 nitrogen and oxygen atoms in total. The van der Waals surface area contributed by atoms with Gasteiger partial charge in [-0.25, -0.2) is 0 Å². The lowest BCUT2D eigenvalue weighted by atomic mass is 10.1. The summed E-state index contributed by atoms with van der Waals surface area (Å²) in [6.45, 7) is 0. The molecule has 13 heavy (non-hydrogen) atoms. The van der Waals surface area contributed by atoms with E-state index in [1.54, 1.807) is 0 Å². The van der Waals surface area contributed by atoms with Crippen LogP contribution in [0.2, 0.25) is 0 Å². The first-order chi connectivity index (χ1) is 6.45. The smallest absolute Gasteiger partial charge is 0.0894 e. The summed E-state index contributed by atoms with van der Waals surface area (Å²) in [6, 6.07) is 4.28. The van der Waals surface area contributed by atoms with Crippen LogP contribution in [0.1, 0.15) is 0 Å². The van der Waals surface area contributed by atoms with E-state index in [9.17, 15) is 0 Å². The molecule has 0 spiro atoms. The monoisotopic (exact) mass is 184 g/mol. The molecule has 0 aliphatic carbocycles. The predicted molar refractivity (Wildman–Crippen MR) is 55.3 cm³/mol. The fraction of sp³-hybridized carbons (Fsp3) is 0. The van der Waals surface area contributed by atoms with Crippen molar-refractivity contribution in [3.63, 3.8) is 0 Å². The van der Waals surface area contributed by atoms with Gasteiger partial charge in [0.1, 0.15) is 0 Å². The van der Waals surface area contributed by atoms with E-state index in [0.29, 0.717) is 0 Å². The molecule has 0 bridgehead atoms. The van der Waals surface area contributed by atoms with Gasteiger partial charge in [0.2, 0.25) is 0 Å². The molecule has 2 aromatic heterocycles. The summed E-state index contributed by atoms with van der Waals surface area (Å²) in [4.78, 5) is 8.30. The third-order valence-corrected chi connectivity index (χ3v) is 4.49. The summed E-state index contributed by atoms with van der Waals surface area (Å²) in [7, 11) is -0.240. The quantitative estimate of drug-likeness (QED) is 0.443. The van der Waals surface area contributed by atoms with Crippen molar-refractivity contribution in [2.24, 2.45) is 0 Å². The molecular weight excluding hydrogens is 176 g/mol. The Labute approximate surface area is 78.5 Å². The van der Waals surface area contributed by atoms with E-state index in [-0.39, 0.29) is 9.52 Å². The highest BCUT2D eigenvalue weighted by Crippen LogP contribution is 2.16. The Morgan fingerprint density at radius 1 is 0.846 bits per heavy atom. The lowest BCUT2D eigenvalue weighted by Crippen LogP contribution is -2.20. The Morgan fingerprint density at radius 3 is 1.92 bits per heavy atom. The van der Waals surface area contributed by atoms with Crippen LogP contribution in [0.25, 0.3) is 11.1 Å². The molecule has 0 saturated heterocycles. The number of pyridine rings is 2. The molecule has 0 unspecified atom stereocenters. The van der Waals surface area contributed by atoms with Crippen LogP contribution in [0.5, 0.6) is 0 Å². The average Bonchev–Trinajstić information content (AvgIpc) is 2.56. The van der Waals surface area contributed by atoms with E-state index < -0.39 is 0 Å². The van der Waals surface area contributed by atoms with E-state index in [1.165, 1.54) is 21.5 Å². The minimum atomic E-state index is -0.240. The summed E-state index contributed by atoms with van der Waals surface area (Å²) in [5.41, 5.74) is 2.61. The van der Waals surface area contributed by atoms with Crippen LogP contribution < -0.4 is 10.4 Å². The Hall–Kier alpha value is -1.48. The Bertz CT molecular complexity index is 424. The maximum atomic E-state index is 4.15. The molecule has 0 saturated carbocycles. The second-order valence-electron chi connectivity index (χ2n) is 3.24. The highest BCUT2D eigenvalue weighted by Gasteiger charge is 2.17. The number of nitrogens with zero attached hydrogens (tertiary/aromatic N) is 2. The summed E-state index contributed by atoms with van der Waals surface area (Å²) in [5, 5.41) is 3.00.